The van der Waals surface area contributed by atoms with Crippen molar-refractivity contribution in [1.82, 2.24) is 9.62 Å². The van der Waals surface area contributed by atoms with Gasteiger partial charge in [-0.3, -0.25) is 4.79 Å². The predicted octanol–water partition coefficient (Wildman–Crippen LogP) is 3.72. The van der Waals surface area contributed by atoms with Crippen LogP contribution in [0.15, 0.2) is 18.2 Å². The van der Waals surface area contributed by atoms with E-state index in [9.17, 15) is 22.0 Å². The number of nitrogens with zero attached hydrogens (tertiary/aromatic N) is 1. The Morgan fingerprint density at radius 3 is 2.50 bits per heavy atom. The van der Waals surface area contributed by atoms with E-state index in [1.807, 2.05) is 6.92 Å². The molecule has 2 aliphatic rings. The van der Waals surface area contributed by atoms with Crippen molar-refractivity contribution in [2.24, 2.45) is 0 Å². The maximum Gasteiger partial charge on any atom is 0.222 e. The molecule has 1 N–H and O–H groups in total. The van der Waals surface area contributed by atoms with Gasteiger partial charge in [0.15, 0.2) is 11.6 Å². The maximum atomic E-state index is 13.6. The van der Waals surface area contributed by atoms with Crippen LogP contribution >= 0.6 is 0 Å². The molecule has 1 aliphatic carbocycles. The van der Waals surface area contributed by atoms with Crippen molar-refractivity contribution < 1.29 is 26.7 Å². The Labute approximate surface area is 189 Å². The zero-order valence-electron chi connectivity index (χ0n) is 18.9. The second-order valence-electron chi connectivity index (χ2n) is 9.02. The van der Waals surface area contributed by atoms with Gasteiger partial charge in [0.05, 0.1) is 25.0 Å². The first-order valence-corrected chi connectivity index (χ1v) is 13.4. The van der Waals surface area contributed by atoms with Crippen molar-refractivity contribution in [1.29, 1.82) is 0 Å². The summed E-state index contributed by atoms with van der Waals surface area (Å²) in [4.78, 5) is 14.4. The summed E-state index contributed by atoms with van der Waals surface area (Å²) in [6, 6.07) is 3.40. The lowest BCUT2D eigenvalue weighted by Crippen LogP contribution is -2.59. The van der Waals surface area contributed by atoms with E-state index in [0.717, 1.165) is 50.3 Å². The predicted molar refractivity (Wildman–Crippen MR) is 119 cm³/mol. The van der Waals surface area contributed by atoms with Crippen LogP contribution in [0.1, 0.15) is 69.8 Å². The average molecular weight is 473 g/mol. The minimum Gasteiger partial charge on any atom is -0.376 e. The largest absolute Gasteiger partial charge is 0.376 e. The monoisotopic (exact) mass is 472 g/mol. The molecule has 1 saturated heterocycles. The Bertz CT molecular complexity index is 888. The second kappa shape index (κ2) is 11.0. The first kappa shape index (κ1) is 25.1. The molecule has 32 heavy (non-hydrogen) atoms. The van der Waals surface area contributed by atoms with Gasteiger partial charge in [-0.05, 0) is 68.6 Å². The van der Waals surface area contributed by atoms with Gasteiger partial charge in [-0.25, -0.2) is 21.9 Å². The highest BCUT2D eigenvalue weighted by molar-refractivity contribution is 7.88. The molecule has 1 aromatic rings. The minimum absolute atomic E-state index is 0.000447. The molecule has 0 aromatic heterocycles. The molecule has 1 aromatic carbocycles. The van der Waals surface area contributed by atoms with E-state index in [-0.39, 0.29) is 36.6 Å². The highest BCUT2D eigenvalue weighted by atomic mass is 32.2. The van der Waals surface area contributed by atoms with Gasteiger partial charge in [0.25, 0.3) is 0 Å². The van der Waals surface area contributed by atoms with Gasteiger partial charge in [0.2, 0.25) is 15.9 Å². The zero-order valence-corrected chi connectivity index (χ0v) is 19.7. The van der Waals surface area contributed by atoms with Crippen LogP contribution in [-0.4, -0.2) is 56.8 Å². The van der Waals surface area contributed by atoms with Crippen LogP contribution in [0.5, 0.6) is 0 Å². The summed E-state index contributed by atoms with van der Waals surface area (Å²) in [5.41, 5.74) is 0.809. The summed E-state index contributed by atoms with van der Waals surface area (Å²) in [6.07, 6.45) is 6.90. The fraction of sp³-hybridized carbons (Fsp3) is 0.696. The molecule has 0 spiro atoms. The molecule has 0 bridgehead atoms. The molecule has 9 heteroatoms. The molecule has 2 fully saturated rings. The van der Waals surface area contributed by atoms with Crippen LogP contribution in [0.3, 0.4) is 0 Å². The Kier molecular flexibility index (Phi) is 8.63. The van der Waals surface area contributed by atoms with Crippen molar-refractivity contribution >= 4 is 15.9 Å². The number of sulfonamides is 1. The van der Waals surface area contributed by atoms with E-state index < -0.39 is 21.7 Å². The molecule has 3 rings (SSSR count). The van der Waals surface area contributed by atoms with E-state index in [1.54, 1.807) is 11.0 Å². The number of carbonyl (C=O) groups excluding carboxylic acids is 1. The van der Waals surface area contributed by atoms with Gasteiger partial charge in [0.1, 0.15) is 0 Å². The molecule has 1 heterocycles. The third-order valence-corrected chi connectivity index (χ3v) is 7.25. The molecule has 0 unspecified atom stereocenters. The number of rotatable bonds is 8. The van der Waals surface area contributed by atoms with Gasteiger partial charge in [-0.15, -0.1) is 0 Å². The van der Waals surface area contributed by atoms with E-state index in [1.165, 1.54) is 12.1 Å². The van der Waals surface area contributed by atoms with Gasteiger partial charge < -0.3 is 9.64 Å². The Hall–Kier alpha value is -1.58. The molecule has 2 atom stereocenters. The van der Waals surface area contributed by atoms with E-state index in [2.05, 4.69) is 4.72 Å². The first-order valence-electron chi connectivity index (χ1n) is 11.5. The number of amides is 1. The number of nitrogens with one attached hydrogen (secondary N) is 1. The fourth-order valence-corrected chi connectivity index (χ4v) is 5.73. The van der Waals surface area contributed by atoms with Crippen molar-refractivity contribution in [3.63, 3.8) is 0 Å². The zero-order chi connectivity index (χ0) is 23.3. The van der Waals surface area contributed by atoms with Crippen LogP contribution in [0.25, 0.3) is 0 Å². The van der Waals surface area contributed by atoms with Gasteiger partial charge in [0, 0.05) is 19.0 Å². The van der Waals surface area contributed by atoms with Crippen molar-refractivity contribution in [2.45, 2.75) is 82.4 Å². The Morgan fingerprint density at radius 2 is 1.88 bits per heavy atom. The summed E-state index contributed by atoms with van der Waals surface area (Å²) < 4.78 is 59.4. The van der Waals surface area contributed by atoms with Gasteiger partial charge in [-0.1, -0.05) is 13.0 Å². The molecular weight excluding hydrogens is 438 g/mol. The number of hydrogen-bond donors (Lipinski definition) is 1. The molecular formula is C23H34F2N2O4S. The second-order valence-corrected chi connectivity index (χ2v) is 10.8. The lowest BCUT2D eigenvalue weighted by molar-refractivity contribution is -0.138. The van der Waals surface area contributed by atoms with Crippen molar-refractivity contribution in [3.05, 3.63) is 35.4 Å². The summed E-state index contributed by atoms with van der Waals surface area (Å²) in [5, 5.41) is 0. The van der Waals surface area contributed by atoms with E-state index >= 15 is 0 Å². The minimum atomic E-state index is -3.41. The number of carbonyl (C=O) groups is 1. The van der Waals surface area contributed by atoms with Crippen LogP contribution in [0.2, 0.25) is 0 Å². The third kappa shape index (κ3) is 6.71. The average Bonchev–Trinajstić information content (AvgIpc) is 2.74. The highest BCUT2D eigenvalue weighted by Gasteiger charge is 2.36. The number of halogens is 2. The SMILES string of the molecule is CCCC(=O)N1CCC[C@H](NS(C)(=O)=O)[C@@H]1COC1CCC(c2ccc(F)c(F)c2)CC1. The van der Waals surface area contributed by atoms with Gasteiger partial charge in [-0.2, -0.15) is 0 Å². The topological polar surface area (TPSA) is 75.7 Å². The fourth-order valence-electron chi connectivity index (χ4n) is 4.91. The third-order valence-electron chi connectivity index (χ3n) is 6.52. The molecule has 1 aliphatic heterocycles. The lowest BCUT2D eigenvalue weighted by Gasteiger charge is -2.42. The smallest absolute Gasteiger partial charge is 0.222 e. The number of hydrogen-bond acceptors (Lipinski definition) is 4. The quantitative estimate of drug-likeness (QED) is 0.626. The summed E-state index contributed by atoms with van der Waals surface area (Å²) in [7, 11) is -3.41. The Morgan fingerprint density at radius 1 is 1.16 bits per heavy atom. The molecule has 1 amide bonds. The Balaban J connectivity index is 1.60. The van der Waals surface area contributed by atoms with Crippen LogP contribution in [0.4, 0.5) is 8.78 Å². The standard InChI is InChI=1S/C23H34F2N2O4S/c1-3-5-23(28)27-13-4-6-21(26-32(2,29)30)22(27)15-31-18-10-7-16(8-11-18)17-9-12-19(24)20(25)14-17/h9,12,14,16,18,21-22,26H,3-8,10-11,13,15H2,1-2H3/t16?,18?,21-,22-/m0/s1. The normalized spacial score (nSPS) is 26.8. The molecule has 6 nitrogen and oxygen atoms in total. The molecule has 0 radical (unpaired) electrons. The van der Waals surface area contributed by atoms with E-state index in [4.69, 9.17) is 4.74 Å². The van der Waals surface area contributed by atoms with Crippen LogP contribution < -0.4 is 4.72 Å². The van der Waals surface area contributed by atoms with Crippen LogP contribution in [-0.2, 0) is 19.6 Å². The number of likely N-dealkylation sites (tertiary alicyclic amines) is 1. The summed E-state index contributed by atoms with van der Waals surface area (Å²) >= 11 is 0. The first-order chi connectivity index (χ1) is 15.2. The van der Waals surface area contributed by atoms with Gasteiger partial charge >= 0.3 is 0 Å². The van der Waals surface area contributed by atoms with Crippen LogP contribution in [0, 0.1) is 11.6 Å². The number of benzene rings is 1. The van der Waals surface area contributed by atoms with Crippen molar-refractivity contribution in [3.8, 4) is 0 Å². The summed E-state index contributed by atoms with van der Waals surface area (Å²) in [6.45, 7) is 2.84. The maximum absolute atomic E-state index is 13.6. The number of ether oxygens (including phenoxy) is 1. The van der Waals surface area contributed by atoms with E-state index in [0.29, 0.717) is 19.4 Å². The summed E-state index contributed by atoms with van der Waals surface area (Å²) in [5.74, 6) is -1.46. The lowest BCUT2D eigenvalue weighted by atomic mass is 9.82. The highest BCUT2D eigenvalue weighted by Crippen LogP contribution is 2.35. The number of piperidine rings is 1. The molecule has 1 saturated carbocycles. The molecule has 180 valence electrons. The van der Waals surface area contributed by atoms with Crippen molar-refractivity contribution in [2.75, 3.05) is 19.4 Å².